The minimum atomic E-state index is 0.0614. The SMILES string of the molecule is CCCNC1CC2(CCCCC2C)Oc2ccc(C)cc21. The summed E-state index contributed by atoms with van der Waals surface area (Å²) in [5, 5.41) is 3.77. The second-order valence-corrected chi connectivity index (χ2v) is 7.07. The first kappa shape index (κ1) is 14.9. The van der Waals surface area contributed by atoms with Crippen LogP contribution in [-0.2, 0) is 0 Å². The summed E-state index contributed by atoms with van der Waals surface area (Å²) in [7, 11) is 0. The Bertz CT molecular complexity index is 498. The highest BCUT2D eigenvalue weighted by atomic mass is 16.5. The Morgan fingerprint density at radius 2 is 2.19 bits per heavy atom. The maximum Gasteiger partial charge on any atom is 0.124 e. The Hall–Kier alpha value is -1.02. The van der Waals surface area contributed by atoms with Crippen molar-refractivity contribution in [1.29, 1.82) is 0 Å². The van der Waals surface area contributed by atoms with Crippen LogP contribution in [-0.4, -0.2) is 12.1 Å². The lowest BCUT2D eigenvalue weighted by Gasteiger charge is -2.48. The van der Waals surface area contributed by atoms with Crippen molar-refractivity contribution in [2.75, 3.05) is 6.54 Å². The number of fused-ring (bicyclic) bond motifs is 1. The minimum Gasteiger partial charge on any atom is -0.487 e. The Kier molecular flexibility index (Phi) is 4.26. The van der Waals surface area contributed by atoms with Crippen LogP contribution in [0.15, 0.2) is 18.2 Å². The summed E-state index contributed by atoms with van der Waals surface area (Å²) >= 11 is 0. The molecule has 2 heteroatoms. The smallest absolute Gasteiger partial charge is 0.124 e. The zero-order valence-corrected chi connectivity index (χ0v) is 13.7. The molecule has 0 aromatic heterocycles. The average molecular weight is 287 g/mol. The summed E-state index contributed by atoms with van der Waals surface area (Å²) < 4.78 is 6.60. The number of ether oxygens (including phenoxy) is 1. The van der Waals surface area contributed by atoms with E-state index in [-0.39, 0.29) is 5.60 Å². The van der Waals surface area contributed by atoms with Crippen molar-refractivity contribution in [3.8, 4) is 5.75 Å². The lowest BCUT2D eigenvalue weighted by Crippen LogP contribution is -2.50. The van der Waals surface area contributed by atoms with Crippen LogP contribution in [0.25, 0.3) is 0 Å². The van der Waals surface area contributed by atoms with Gasteiger partial charge in [-0.2, -0.15) is 0 Å². The first-order valence-electron chi connectivity index (χ1n) is 8.67. The summed E-state index contributed by atoms with van der Waals surface area (Å²) in [5.74, 6) is 1.78. The Labute approximate surface area is 129 Å². The predicted octanol–water partition coefficient (Wildman–Crippen LogP) is 4.77. The summed E-state index contributed by atoms with van der Waals surface area (Å²) in [5.41, 5.74) is 2.76. The van der Waals surface area contributed by atoms with Crippen LogP contribution in [0.5, 0.6) is 5.75 Å². The maximum atomic E-state index is 6.60. The van der Waals surface area contributed by atoms with E-state index in [2.05, 4.69) is 44.3 Å². The normalized spacial score (nSPS) is 31.8. The van der Waals surface area contributed by atoms with Gasteiger partial charge in [-0.15, -0.1) is 0 Å². The highest BCUT2D eigenvalue weighted by molar-refractivity contribution is 5.42. The van der Waals surface area contributed by atoms with E-state index in [1.807, 2.05) is 0 Å². The van der Waals surface area contributed by atoms with Crippen LogP contribution in [0.2, 0.25) is 0 Å². The highest BCUT2D eigenvalue weighted by Gasteiger charge is 2.45. The van der Waals surface area contributed by atoms with Crippen LogP contribution in [0, 0.1) is 12.8 Å². The number of hydrogen-bond donors (Lipinski definition) is 1. The monoisotopic (exact) mass is 287 g/mol. The van der Waals surface area contributed by atoms with Crippen molar-refractivity contribution in [2.24, 2.45) is 5.92 Å². The summed E-state index contributed by atoms with van der Waals surface area (Å²) in [6, 6.07) is 7.13. The van der Waals surface area contributed by atoms with Gasteiger partial charge >= 0.3 is 0 Å². The van der Waals surface area contributed by atoms with Crippen LogP contribution in [0.1, 0.15) is 69.5 Å². The molecular weight excluding hydrogens is 258 g/mol. The molecule has 2 nitrogen and oxygen atoms in total. The van der Waals surface area contributed by atoms with E-state index in [1.54, 1.807) is 0 Å². The molecule has 1 aliphatic carbocycles. The van der Waals surface area contributed by atoms with Gasteiger partial charge in [0, 0.05) is 18.0 Å². The van der Waals surface area contributed by atoms with Gasteiger partial charge in [0.1, 0.15) is 11.4 Å². The molecule has 0 radical (unpaired) electrons. The van der Waals surface area contributed by atoms with Crippen molar-refractivity contribution < 1.29 is 4.74 Å². The zero-order valence-electron chi connectivity index (χ0n) is 13.7. The van der Waals surface area contributed by atoms with Gasteiger partial charge in [0.15, 0.2) is 0 Å². The minimum absolute atomic E-state index is 0.0614. The van der Waals surface area contributed by atoms with Gasteiger partial charge in [-0.25, -0.2) is 0 Å². The topological polar surface area (TPSA) is 21.3 Å². The lowest BCUT2D eigenvalue weighted by atomic mass is 9.70. The third-order valence-electron chi connectivity index (χ3n) is 5.43. The van der Waals surface area contributed by atoms with E-state index in [4.69, 9.17) is 4.74 Å². The number of rotatable bonds is 3. The van der Waals surface area contributed by atoms with Crippen LogP contribution in [0.4, 0.5) is 0 Å². The van der Waals surface area contributed by atoms with E-state index in [0.29, 0.717) is 12.0 Å². The second-order valence-electron chi connectivity index (χ2n) is 7.07. The molecule has 1 fully saturated rings. The van der Waals surface area contributed by atoms with Crippen molar-refractivity contribution in [3.05, 3.63) is 29.3 Å². The van der Waals surface area contributed by atoms with Crippen LogP contribution < -0.4 is 10.1 Å². The molecule has 3 unspecified atom stereocenters. The molecule has 1 aliphatic heterocycles. The fourth-order valence-corrected chi connectivity index (χ4v) is 4.09. The molecule has 0 amide bonds. The van der Waals surface area contributed by atoms with Gasteiger partial charge in [-0.1, -0.05) is 38.0 Å². The summed E-state index contributed by atoms with van der Waals surface area (Å²) in [4.78, 5) is 0. The van der Waals surface area contributed by atoms with Gasteiger partial charge in [0.2, 0.25) is 0 Å². The second kappa shape index (κ2) is 6.00. The fraction of sp³-hybridized carbons (Fsp3) is 0.684. The third-order valence-corrected chi connectivity index (χ3v) is 5.43. The molecule has 21 heavy (non-hydrogen) atoms. The lowest BCUT2D eigenvalue weighted by molar-refractivity contribution is -0.0443. The predicted molar refractivity (Wildman–Crippen MR) is 87.8 cm³/mol. The summed E-state index contributed by atoms with van der Waals surface area (Å²) in [6.45, 7) is 7.88. The molecule has 1 aromatic rings. The number of hydrogen-bond acceptors (Lipinski definition) is 2. The van der Waals surface area contributed by atoms with Gasteiger partial charge in [0.25, 0.3) is 0 Å². The van der Waals surface area contributed by atoms with Gasteiger partial charge < -0.3 is 10.1 Å². The average Bonchev–Trinajstić information content (AvgIpc) is 2.49. The molecule has 0 saturated heterocycles. The van der Waals surface area contributed by atoms with E-state index >= 15 is 0 Å². The van der Waals surface area contributed by atoms with E-state index < -0.39 is 0 Å². The Balaban J connectivity index is 1.94. The third kappa shape index (κ3) is 2.83. The molecule has 0 bridgehead atoms. The van der Waals surface area contributed by atoms with E-state index in [9.17, 15) is 0 Å². The highest BCUT2D eigenvalue weighted by Crippen LogP contribution is 2.48. The molecule has 1 aromatic carbocycles. The number of nitrogens with one attached hydrogen (secondary N) is 1. The summed E-state index contributed by atoms with van der Waals surface area (Å²) in [6.07, 6.45) is 7.51. The molecule has 3 atom stereocenters. The van der Waals surface area contributed by atoms with Crippen molar-refractivity contribution in [1.82, 2.24) is 5.32 Å². The first-order valence-corrected chi connectivity index (χ1v) is 8.67. The number of aryl methyl sites for hydroxylation is 1. The molecule has 3 rings (SSSR count). The van der Waals surface area contributed by atoms with E-state index in [0.717, 1.165) is 18.7 Å². The maximum absolute atomic E-state index is 6.60. The largest absolute Gasteiger partial charge is 0.487 e. The number of benzene rings is 1. The molecule has 1 saturated carbocycles. The standard InChI is InChI=1S/C19H29NO/c1-4-11-20-17-13-19(10-6-5-7-15(19)3)21-18-9-8-14(2)12-16(17)18/h8-9,12,15,17,20H,4-7,10-11,13H2,1-3H3. The van der Waals surface area contributed by atoms with Crippen LogP contribution in [0.3, 0.4) is 0 Å². The molecule has 2 aliphatic rings. The van der Waals surface area contributed by atoms with Crippen LogP contribution >= 0.6 is 0 Å². The molecule has 1 spiro atoms. The van der Waals surface area contributed by atoms with Crippen molar-refractivity contribution >= 4 is 0 Å². The zero-order chi connectivity index (χ0) is 14.9. The first-order chi connectivity index (χ1) is 10.1. The van der Waals surface area contributed by atoms with Gasteiger partial charge in [-0.3, -0.25) is 0 Å². The van der Waals surface area contributed by atoms with Crippen molar-refractivity contribution in [3.63, 3.8) is 0 Å². The Morgan fingerprint density at radius 3 is 2.95 bits per heavy atom. The molecule has 1 heterocycles. The van der Waals surface area contributed by atoms with Crippen molar-refractivity contribution in [2.45, 2.75) is 70.9 Å². The van der Waals surface area contributed by atoms with E-state index in [1.165, 1.54) is 43.2 Å². The molecule has 116 valence electrons. The Morgan fingerprint density at radius 1 is 1.33 bits per heavy atom. The fourth-order valence-electron chi connectivity index (χ4n) is 4.09. The quantitative estimate of drug-likeness (QED) is 0.865. The van der Waals surface area contributed by atoms with Gasteiger partial charge in [0.05, 0.1) is 0 Å². The molecular formula is C19H29NO. The van der Waals surface area contributed by atoms with Gasteiger partial charge in [-0.05, 0) is 51.1 Å². The molecule has 1 N–H and O–H groups in total.